The number of nitrogens with one attached hydrogen (secondary N) is 2. The van der Waals surface area contributed by atoms with Crippen LogP contribution in [-0.4, -0.2) is 39.8 Å². The summed E-state index contributed by atoms with van der Waals surface area (Å²) in [5.41, 5.74) is 1.14. The number of carbonyl (C=O) groups is 3. The van der Waals surface area contributed by atoms with Crippen LogP contribution >= 0.6 is 11.3 Å². The molecular weight excluding hydrogens is 412 g/mol. The van der Waals surface area contributed by atoms with Crippen molar-refractivity contribution in [2.45, 2.75) is 63.8 Å². The van der Waals surface area contributed by atoms with Crippen molar-refractivity contribution >= 4 is 34.3 Å². The lowest BCUT2D eigenvalue weighted by Crippen LogP contribution is -2.48. The van der Waals surface area contributed by atoms with E-state index in [-0.39, 0.29) is 36.7 Å². The van der Waals surface area contributed by atoms with Crippen LogP contribution in [0.25, 0.3) is 11.3 Å². The Labute approximate surface area is 186 Å². The molecule has 2 heterocycles. The molecule has 31 heavy (non-hydrogen) atoms. The summed E-state index contributed by atoms with van der Waals surface area (Å²) in [6, 6.07) is 9.52. The second kappa shape index (κ2) is 8.78. The lowest BCUT2D eigenvalue weighted by molar-refractivity contribution is -0.132. The number of hydrogen-bond donors (Lipinski definition) is 2. The van der Waals surface area contributed by atoms with Crippen molar-refractivity contribution in [3.05, 3.63) is 35.2 Å². The van der Waals surface area contributed by atoms with Gasteiger partial charge in [0.1, 0.15) is 5.54 Å². The third-order valence-electron chi connectivity index (χ3n) is 5.99. The maximum Gasteiger partial charge on any atom is 0.325 e. The monoisotopic (exact) mass is 440 g/mol. The highest BCUT2D eigenvalue weighted by molar-refractivity contribution is 7.16. The van der Waals surface area contributed by atoms with Crippen LogP contribution in [0, 0.1) is 0 Å². The highest BCUT2D eigenvalue weighted by Crippen LogP contribution is 2.36. The third kappa shape index (κ3) is 4.35. The van der Waals surface area contributed by atoms with E-state index in [0.29, 0.717) is 18.0 Å². The summed E-state index contributed by atoms with van der Waals surface area (Å²) in [7, 11) is 0. The van der Waals surface area contributed by atoms with E-state index in [1.54, 1.807) is 0 Å². The molecule has 1 spiro atoms. The van der Waals surface area contributed by atoms with Gasteiger partial charge in [-0.2, -0.15) is 0 Å². The molecule has 0 radical (unpaired) electrons. The SMILES string of the molecule is CC(C)c1sc(NC(=O)CCN2C(=O)NC3(CCCCC3)C2=O)nc1-c1ccccc1. The molecule has 7 nitrogen and oxygen atoms in total. The van der Waals surface area contributed by atoms with Crippen molar-refractivity contribution in [2.24, 2.45) is 0 Å². The van der Waals surface area contributed by atoms with Gasteiger partial charge in [0.25, 0.3) is 5.91 Å². The molecule has 0 bridgehead atoms. The van der Waals surface area contributed by atoms with Crippen molar-refractivity contribution in [3.8, 4) is 11.3 Å². The molecule has 1 aromatic carbocycles. The Morgan fingerprint density at radius 2 is 1.90 bits per heavy atom. The van der Waals surface area contributed by atoms with E-state index >= 15 is 0 Å². The fourth-order valence-electron chi connectivity index (χ4n) is 4.35. The standard InChI is InChI=1S/C23H28N4O3S/c1-15(2)19-18(16-9-5-3-6-10-16)25-21(31-19)24-17(28)11-14-27-20(29)23(26-22(27)30)12-7-4-8-13-23/h3,5-6,9-10,15H,4,7-8,11-14H2,1-2H3,(H,26,30)(H,24,25,28). The Kier molecular flexibility index (Phi) is 6.09. The molecule has 2 aromatic rings. The smallest absolute Gasteiger partial charge is 0.323 e. The highest BCUT2D eigenvalue weighted by Gasteiger charge is 2.51. The van der Waals surface area contributed by atoms with E-state index in [0.717, 1.165) is 35.4 Å². The van der Waals surface area contributed by atoms with Crippen molar-refractivity contribution in [1.29, 1.82) is 0 Å². The highest BCUT2D eigenvalue weighted by atomic mass is 32.1. The molecule has 2 fully saturated rings. The van der Waals surface area contributed by atoms with Crippen LogP contribution in [-0.2, 0) is 9.59 Å². The average Bonchev–Trinajstić information content (AvgIpc) is 3.27. The maximum atomic E-state index is 12.8. The fraction of sp³-hybridized carbons (Fsp3) is 0.478. The number of amides is 4. The molecule has 164 valence electrons. The van der Waals surface area contributed by atoms with Gasteiger partial charge in [-0.3, -0.25) is 14.5 Å². The lowest BCUT2D eigenvalue weighted by atomic mass is 9.82. The van der Waals surface area contributed by atoms with Gasteiger partial charge in [0.05, 0.1) is 5.69 Å². The number of carbonyl (C=O) groups excluding carboxylic acids is 3. The summed E-state index contributed by atoms with van der Waals surface area (Å²) in [5.74, 6) is -0.169. The van der Waals surface area contributed by atoms with Gasteiger partial charge in [-0.15, -0.1) is 11.3 Å². The minimum atomic E-state index is -0.752. The van der Waals surface area contributed by atoms with Gasteiger partial charge >= 0.3 is 6.03 Å². The van der Waals surface area contributed by atoms with Crippen LogP contribution in [0.3, 0.4) is 0 Å². The van der Waals surface area contributed by atoms with Crippen molar-refractivity contribution in [2.75, 3.05) is 11.9 Å². The van der Waals surface area contributed by atoms with Crippen LogP contribution in [0.2, 0.25) is 0 Å². The zero-order chi connectivity index (χ0) is 22.0. The van der Waals surface area contributed by atoms with Crippen LogP contribution in [0.5, 0.6) is 0 Å². The first kappa shape index (κ1) is 21.5. The minimum Gasteiger partial charge on any atom is -0.323 e. The topological polar surface area (TPSA) is 91.4 Å². The summed E-state index contributed by atoms with van der Waals surface area (Å²) in [6.45, 7) is 4.28. The summed E-state index contributed by atoms with van der Waals surface area (Å²) in [6.07, 6.45) is 4.37. The average molecular weight is 441 g/mol. The van der Waals surface area contributed by atoms with E-state index < -0.39 is 5.54 Å². The third-order valence-corrected chi connectivity index (χ3v) is 7.26. The minimum absolute atomic E-state index is 0.0481. The number of imide groups is 1. The Morgan fingerprint density at radius 3 is 2.58 bits per heavy atom. The van der Waals surface area contributed by atoms with E-state index in [4.69, 9.17) is 0 Å². The molecule has 8 heteroatoms. The molecule has 1 saturated heterocycles. The number of urea groups is 1. The van der Waals surface area contributed by atoms with Gasteiger partial charge in [0.2, 0.25) is 5.91 Å². The molecule has 1 saturated carbocycles. The normalized spacial score (nSPS) is 18.0. The molecule has 1 aliphatic carbocycles. The molecule has 2 N–H and O–H groups in total. The maximum absolute atomic E-state index is 12.8. The van der Waals surface area contributed by atoms with Crippen molar-refractivity contribution in [3.63, 3.8) is 0 Å². The largest absolute Gasteiger partial charge is 0.325 e. The fourth-order valence-corrected chi connectivity index (χ4v) is 5.35. The Morgan fingerprint density at radius 1 is 1.19 bits per heavy atom. The van der Waals surface area contributed by atoms with Crippen LogP contribution in [0.1, 0.15) is 63.2 Å². The van der Waals surface area contributed by atoms with Crippen LogP contribution in [0.4, 0.5) is 9.93 Å². The first-order chi connectivity index (χ1) is 14.9. The zero-order valence-corrected chi connectivity index (χ0v) is 18.8. The van der Waals surface area contributed by atoms with Gasteiger partial charge in [-0.05, 0) is 18.8 Å². The molecular formula is C23H28N4O3S. The van der Waals surface area contributed by atoms with E-state index in [1.807, 2.05) is 30.3 Å². The second-order valence-electron chi connectivity index (χ2n) is 8.58. The Hall–Kier alpha value is -2.74. The number of aromatic nitrogens is 1. The van der Waals surface area contributed by atoms with Gasteiger partial charge in [-0.25, -0.2) is 9.78 Å². The van der Waals surface area contributed by atoms with Gasteiger partial charge < -0.3 is 10.6 Å². The van der Waals surface area contributed by atoms with Gasteiger partial charge in [-0.1, -0.05) is 63.4 Å². The summed E-state index contributed by atoms with van der Waals surface area (Å²) >= 11 is 1.46. The number of rotatable bonds is 6. The first-order valence-corrected chi connectivity index (χ1v) is 11.7. The van der Waals surface area contributed by atoms with Crippen LogP contribution in [0.15, 0.2) is 30.3 Å². The molecule has 1 aliphatic heterocycles. The van der Waals surface area contributed by atoms with E-state index in [9.17, 15) is 14.4 Å². The molecule has 4 amide bonds. The number of nitrogens with zero attached hydrogens (tertiary/aromatic N) is 2. The molecule has 1 aromatic heterocycles. The van der Waals surface area contributed by atoms with Crippen molar-refractivity contribution < 1.29 is 14.4 Å². The number of thiazole rings is 1. The summed E-state index contributed by atoms with van der Waals surface area (Å²) in [4.78, 5) is 44.7. The quantitative estimate of drug-likeness (QED) is 0.646. The summed E-state index contributed by atoms with van der Waals surface area (Å²) in [5, 5.41) is 6.27. The van der Waals surface area contributed by atoms with Crippen molar-refractivity contribution in [1.82, 2.24) is 15.2 Å². The number of benzene rings is 1. The van der Waals surface area contributed by atoms with E-state index in [2.05, 4.69) is 29.5 Å². The molecule has 4 rings (SSSR count). The Bertz CT molecular complexity index is 980. The van der Waals surface area contributed by atoms with E-state index in [1.165, 1.54) is 16.2 Å². The Balaban J connectivity index is 1.40. The molecule has 0 atom stereocenters. The van der Waals surface area contributed by atoms with Gasteiger partial charge in [0.15, 0.2) is 5.13 Å². The lowest BCUT2D eigenvalue weighted by Gasteiger charge is -2.30. The zero-order valence-electron chi connectivity index (χ0n) is 17.9. The molecule has 0 unspecified atom stereocenters. The number of hydrogen-bond acceptors (Lipinski definition) is 5. The number of anilines is 1. The van der Waals surface area contributed by atoms with Gasteiger partial charge in [0, 0.05) is 23.4 Å². The first-order valence-electron chi connectivity index (χ1n) is 10.9. The molecule has 2 aliphatic rings. The predicted octanol–water partition coefficient (Wildman–Crippen LogP) is 4.52. The summed E-state index contributed by atoms with van der Waals surface area (Å²) < 4.78 is 0. The predicted molar refractivity (Wildman–Crippen MR) is 121 cm³/mol. The van der Waals surface area contributed by atoms with Crippen LogP contribution < -0.4 is 10.6 Å². The second-order valence-corrected chi connectivity index (χ2v) is 9.61.